The van der Waals surface area contributed by atoms with Crippen LogP contribution in [0, 0.1) is 28.6 Å². The minimum atomic E-state index is -0.685. The topological polar surface area (TPSA) is 40.5 Å². The van der Waals surface area contributed by atoms with E-state index in [1.807, 2.05) is 13.0 Å². The summed E-state index contributed by atoms with van der Waals surface area (Å²) in [6.07, 6.45) is 10.2. The Labute approximate surface area is 135 Å². The molecule has 6 atom stereocenters. The van der Waals surface area contributed by atoms with Gasteiger partial charge in [-0.05, 0) is 55.8 Å². The highest BCUT2D eigenvalue weighted by atomic mass is 16.3. The third kappa shape index (κ3) is 2.30. The molecule has 124 valence electrons. The third-order valence-corrected chi connectivity index (χ3v) is 7.00. The van der Waals surface area contributed by atoms with Gasteiger partial charge in [-0.3, -0.25) is 0 Å². The molecule has 3 rings (SSSR count). The predicted molar refractivity (Wildman–Crippen MR) is 90.4 cm³/mol. The van der Waals surface area contributed by atoms with Gasteiger partial charge in [0.15, 0.2) is 0 Å². The lowest BCUT2D eigenvalue weighted by molar-refractivity contribution is -0.0492. The Balaban J connectivity index is 2.03. The van der Waals surface area contributed by atoms with Crippen molar-refractivity contribution in [1.29, 1.82) is 0 Å². The highest BCUT2D eigenvalue weighted by Crippen LogP contribution is 2.63. The average Bonchev–Trinajstić information content (AvgIpc) is 2.62. The molecule has 1 fully saturated rings. The number of hydrogen-bond donors (Lipinski definition) is 2. The maximum Gasteiger partial charge on any atom is 0.0800 e. The van der Waals surface area contributed by atoms with E-state index in [1.165, 1.54) is 5.57 Å². The fraction of sp³-hybridized carbons (Fsp3) is 0.800. The summed E-state index contributed by atoms with van der Waals surface area (Å²) in [5, 5.41) is 21.2. The van der Waals surface area contributed by atoms with Crippen molar-refractivity contribution in [2.75, 3.05) is 0 Å². The molecule has 0 aromatic carbocycles. The summed E-state index contributed by atoms with van der Waals surface area (Å²) in [6, 6.07) is 0. The third-order valence-electron chi connectivity index (χ3n) is 7.00. The minimum Gasteiger partial charge on any atom is -0.388 e. The van der Waals surface area contributed by atoms with Gasteiger partial charge >= 0.3 is 0 Å². The predicted octanol–water partition coefficient (Wildman–Crippen LogP) is 4.08. The van der Waals surface area contributed by atoms with Crippen molar-refractivity contribution < 1.29 is 10.2 Å². The smallest absolute Gasteiger partial charge is 0.0800 e. The van der Waals surface area contributed by atoms with Gasteiger partial charge in [0, 0.05) is 5.41 Å². The van der Waals surface area contributed by atoms with Gasteiger partial charge in [-0.2, -0.15) is 0 Å². The Morgan fingerprint density at radius 1 is 1.09 bits per heavy atom. The van der Waals surface area contributed by atoms with Crippen molar-refractivity contribution in [3.63, 3.8) is 0 Å². The van der Waals surface area contributed by atoms with Crippen LogP contribution >= 0.6 is 0 Å². The first-order valence-electron chi connectivity index (χ1n) is 8.91. The molecule has 0 aromatic heterocycles. The van der Waals surface area contributed by atoms with Gasteiger partial charge in [-0.1, -0.05) is 51.5 Å². The number of aliphatic hydroxyl groups excluding tert-OH is 1. The van der Waals surface area contributed by atoms with E-state index in [1.54, 1.807) is 0 Å². The molecule has 3 aliphatic carbocycles. The fourth-order valence-electron chi connectivity index (χ4n) is 5.30. The first-order chi connectivity index (χ1) is 10.1. The summed E-state index contributed by atoms with van der Waals surface area (Å²) in [5.74, 6) is 1.44. The van der Waals surface area contributed by atoms with E-state index in [2.05, 4.69) is 39.8 Å². The second-order valence-electron chi connectivity index (χ2n) is 9.09. The largest absolute Gasteiger partial charge is 0.388 e. The van der Waals surface area contributed by atoms with Crippen molar-refractivity contribution in [1.82, 2.24) is 0 Å². The zero-order valence-electron chi connectivity index (χ0n) is 14.8. The van der Waals surface area contributed by atoms with Gasteiger partial charge in [0.2, 0.25) is 0 Å². The van der Waals surface area contributed by atoms with E-state index in [0.717, 1.165) is 25.7 Å². The molecule has 0 amide bonds. The van der Waals surface area contributed by atoms with Crippen LogP contribution in [0.15, 0.2) is 23.8 Å². The summed E-state index contributed by atoms with van der Waals surface area (Å²) >= 11 is 0. The molecule has 2 N–H and O–H groups in total. The molecule has 0 aromatic rings. The van der Waals surface area contributed by atoms with Gasteiger partial charge < -0.3 is 10.2 Å². The van der Waals surface area contributed by atoms with Crippen LogP contribution in [-0.2, 0) is 0 Å². The molecule has 2 nitrogen and oxygen atoms in total. The number of aliphatic hydroxyl groups is 2. The van der Waals surface area contributed by atoms with Gasteiger partial charge in [0.1, 0.15) is 0 Å². The Hall–Kier alpha value is -0.600. The molecular weight excluding hydrogens is 272 g/mol. The molecule has 0 bridgehead atoms. The second-order valence-corrected chi connectivity index (χ2v) is 9.09. The second kappa shape index (κ2) is 4.95. The highest BCUT2D eigenvalue weighted by Gasteiger charge is 2.57. The molecule has 0 aliphatic heterocycles. The van der Waals surface area contributed by atoms with Crippen LogP contribution in [0.3, 0.4) is 0 Å². The van der Waals surface area contributed by atoms with Crippen molar-refractivity contribution in [2.45, 2.75) is 72.0 Å². The van der Waals surface area contributed by atoms with E-state index in [0.29, 0.717) is 17.8 Å². The van der Waals surface area contributed by atoms with Crippen LogP contribution in [-0.4, -0.2) is 21.9 Å². The van der Waals surface area contributed by atoms with Crippen LogP contribution in [0.25, 0.3) is 0 Å². The Kier molecular flexibility index (Phi) is 3.66. The lowest BCUT2D eigenvalue weighted by atomic mass is 9.51. The zero-order chi connectivity index (χ0) is 16.3. The maximum atomic E-state index is 10.7. The van der Waals surface area contributed by atoms with Gasteiger partial charge in [0.05, 0.1) is 11.7 Å². The molecule has 3 aliphatic rings. The molecule has 0 spiro atoms. The quantitative estimate of drug-likeness (QED) is 0.717. The number of allylic oxidation sites excluding steroid dienone is 2. The highest BCUT2D eigenvalue weighted by molar-refractivity contribution is 5.30. The number of hydrogen-bond acceptors (Lipinski definition) is 2. The summed E-state index contributed by atoms with van der Waals surface area (Å²) in [7, 11) is 0. The molecule has 0 heterocycles. The average molecular weight is 304 g/mol. The molecule has 0 radical (unpaired) electrons. The van der Waals surface area contributed by atoms with Crippen LogP contribution in [0.5, 0.6) is 0 Å². The van der Waals surface area contributed by atoms with E-state index in [-0.39, 0.29) is 16.9 Å². The van der Waals surface area contributed by atoms with E-state index in [4.69, 9.17) is 0 Å². The lowest BCUT2D eigenvalue weighted by Crippen LogP contribution is -2.48. The fourth-order valence-corrected chi connectivity index (χ4v) is 5.30. The number of fused-ring (bicyclic) bond motifs is 3. The van der Waals surface area contributed by atoms with Gasteiger partial charge in [-0.25, -0.2) is 0 Å². The van der Waals surface area contributed by atoms with Crippen molar-refractivity contribution in [3.05, 3.63) is 23.8 Å². The van der Waals surface area contributed by atoms with E-state index in [9.17, 15) is 10.2 Å². The first-order valence-corrected chi connectivity index (χ1v) is 8.91. The summed E-state index contributed by atoms with van der Waals surface area (Å²) in [6.45, 7) is 11.1. The number of rotatable bonds is 1. The molecule has 22 heavy (non-hydrogen) atoms. The van der Waals surface area contributed by atoms with Crippen molar-refractivity contribution >= 4 is 0 Å². The maximum absolute atomic E-state index is 10.7. The Morgan fingerprint density at radius 3 is 2.41 bits per heavy atom. The molecule has 1 saturated carbocycles. The lowest BCUT2D eigenvalue weighted by Gasteiger charge is -2.53. The van der Waals surface area contributed by atoms with Crippen LogP contribution in [0.4, 0.5) is 0 Å². The van der Waals surface area contributed by atoms with Crippen molar-refractivity contribution in [3.8, 4) is 0 Å². The Bertz CT molecular complexity index is 516. The molecule has 2 heteroatoms. The van der Waals surface area contributed by atoms with E-state index >= 15 is 0 Å². The first kappa shape index (κ1) is 16.3. The van der Waals surface area contributed by atoms with Crippen LogP contribution < -0.4 is 0 Å². The minimum absolute atomic E-state index is 0.0200. The zero-order valence-corrected chi connectivity index (χ0v) is 14.8. The standard InChI is InChI=1S/C20H32O2/c1-13(2)14-12-16(21)20(5)11-9-18(3)8-10-19(4,22)7-6-15(18)17(14)20/h8,10,12-13,15-17,21-22H,6-7,9,11H2,1-5H3/t15-,16+,17-,18+,19+,20-/m1/s1. The summed E-state index contributed by atoms with van der Waals surface area (Å²) < 4.78 is 0. The Morgan fingerprint density at radius 2 is 1.77 bits per heavy atom. The summed E-state index contributed by atoms with van der Waals surface area (Å²) in [5.41, 5.74) is 0.882. The van der Waals surface area contributed by atoms with Crippen LogP contribution in [0.1, 0.15) is 60.3 Å². The van der Waals surface area contributed by atoms with E-state index < -0.39 is 5.60 Å². The normalized spacial score (nSPS) is 51.3. The van der Waals surface area contributed by atoms with Crippen molar-refractivity contribution in [2.24, 2.45) is 28.6 Å². The van der Waals surface area contributed by atoms with Crippen LogP contribution in [0.2, 0.25) is 0 Å². The molecule has 0 saturated heterocycles. The van der Waals surface area contributed by atoms with Gasteiger partial charge in [-0.15, -0.1) is 0 Å². The molecular formula is C20H32O2. The monoisotopic (exact) mass is 304 g/mol. The SMILES string of the molecule is CC(C)C1=C[C@H](O)[C@@]2(C)CC[C@]3(C)C=C[C@@](C)(O)CC[C@@H]3[C@@H]12. The van der Waals surface area contributed by atoms with Gasteiger partial charge in [0.25, 0.3) is 0 Å². The molecule has 0 unspecified atom stereocenters. The summed E-state index contributed by atoms with van der Waals surface area (Å²) in [4.78, 5) is 0.